The number of ether oxygens (including phenoxy) is 3. The zero-order chi connectivity index (χ0) is 23.4. The number of nitrogens with one attached hydrogen (secondary N) is 1. The van der Waals surface area contributed by atoms with Crippen molar-refractivity contribution in [3.8, 4) is 11.5 Å². The average molecular weight is 465 g/mol. The van der Waals surface area contributed by atoms with Gasteiger partial charge in [-0.05, 0) is 48.5 Å². The summed E-state index contributed by atoms with van der Waals surface area (Å²) in [6, 6.07) is 18.1. The van der Waals surface area contributed by atoms with E-state index in [1.54, 1.807) is 43.4 Å². The summed E-state index contributed by atoms with van der Waals surface area (Å²) in [5, 5.41) is 2.93. The zero-order valence-electron chi connectivity index (χ0n) is 18.6. The third-order valence-corrected chi connectivity index (χ3v) is 6.38. The maximum atomic E-state index is 13.2. The Morgan fingerprint density at radius 1 is 0.939 bits per heavy atom. The second kappa shape index (κ2) is 9.97. The lowest BCUT2D eigenvalue weighted by Gasteiger charge is -2.23. The quantitative estimate of drug-likeness (QED) is 0.546. The predicted molar refractivity (Wildman–Crippen MR) is 128 cm³/mol. The van der Waals surface area contributed by atoms with Crippen molar-refractivity contribution in [1.82, 2.24) is 0 Å². The zero-order valence-corrected chi connectivity index (χ0v) is 19.4. The Labute approximate surface area is 196 Å². The number of anilines is 2. The molecule has 3 aromatic carbocycles. The second-order valence-electron chi connectivity index (χ2n) is 7.25. The van der Waals surface area contributed by atoms with Crippen LogP contribution in [0.5, 0.6) is 11.5 Å². The van der Waals surface area contributed by atoms with Crippen molar-refractivity contribution in [3.63, 3.8) is 0 Å². The van der Waals surface area contributed by atoms with Crippen LogP contribution >= 0.6 is 11.8 Å². The summed E-state index contributed by atoms with van der Waals surface area (Å²) in [5.41, 5.74) is 2.49. The van der Waals surface area contributed by atoms with E-state index in [9.17, 15) is 9.59 Å². The van der Waals surface area contributed by atoms with Gasteiger partial charge in [0.2, 0.25) is 0 Å². The van der Waals surface area contributed by atoms with Crippen molar-refractivity contribution in [2.75, 3.05) is 44.7 Å². The first kappa shape index (κ1) is 22.7. The number of methoxy groups -OCH3 is 3. The van der Waals surface area contributed by atoms with Crippen molar-refractivity contribution < 1.29 is 23.8 Å². The SMILES string of the molecule is COCCN1C(=O)c2ccccc2Sc2cc(NC(=O)c3ccc(OC)c(OC)c3)ccc21. The first-order chi connectivity index (χ1) is 16.0. The lowest BCUT2D eigenvalue weighted by atomic mass is 10.1. The van der Waals surface area contributed by atoms with Crippen molar-refractivity contribution in [2.24, 2.45) is 0 Å². The molecule has 170 valence electrons. The molecule has 1 N–H and O–H groups in total. The van der Waals surface area contributed by atoms with Crippen LogP contribution in [0.4, 0.5) is 11.4 Å². The Bertz CT molecular complexity index is 1200. The number of rotatable bonds is 7. The van der Waals surface area contributed by atoms with Crippen LogP contribution in [-0.2, 0) is 4.74 Å². The maximum Gasteiger partial charge on any atom is 0.259 e. The van der Waals surface area contributed by atoms with Crippen LogP contribution in [0.3, 0.4) is 0 Å². The summed E-state index contributed by atoms with van der Waals surface area (Å²) in [6.45, 7) is 0.838. The van der Waals surface area contributed by atoms with Crippen LogP contribution in [0, 0.1) is 0 Å². The van der Waals surface area contributed by atoms with E-state index in [1.807, 2.05) is 36.4 Å². The first-order valence-corrected chi connectivity index (χ1v) is 11.1. The normalized spacial score (nSPS) is 12.5. The molecule has 0 radical (unpaired) electrons. The number of hydrogen-bond donors (Lipinski definition) is 1. The van der Waals surface area contributed by atoms with Crippen LogP contribution < -0.4 is 19.7 Å². The Morgan fingerprint density at radius 2 is 1.73 bits per heavy atom. The molecule has 33 heavy (non-hydrogen) atoms. The van der Waals surface area contributed by atoms with Crippen LogP contribution in [0.25, 0.3) is 0 Å². The number of carbonyl (C=O) groups is 2. The third kappa shape index (κ3) is 4.67. The molecule has 3 aromatic rings. The highest BCUT2D eigenvalue weighted by Gasteiger charge is 2.27. The van der Waals surface area contributed by atoms with Gasteiger partial charge in [-0.15, -0.1) is 0 Å². The minimum atomic E-state index is -0.276. The molecule has 1 aliphatic rings. The molecule has 2 amide bonds. The average Bonchev–Trinajstić information content (AvgIpc) is 2.95. The standard InChI is InChI=1S/C25H24N2O5S/c1-30-13-12-27-19-10-9-17(15-23(19)33-22-7-5-4-6-18(22)25(27)29)26-24(28)16-8-11-20(31-2)21(14-16)32-3/h4-11,14-15H,12-13H2,1-3H3,(H,26,28). The smallest absolute Gasteiger partial charge is 0.259 e. The molecule has 1 heterocycles. The van der Waals surface area contributed by atoms with Gasteiger partial charge >= 0.3 is 0 Å². The van der Waals surface area contributed by atoms with Gasteiger partial charge in [-0.25, -0.2) is 0 Å². The Kier molecular flexibility index (Phi) is 6.86. The van der Waals surface area contributed by atoms with E-state index in [0.717, 1.165) is 15.5 Å². The summed E-state index contributed by atoms with van der Waals surface area (Å²) in [4.78, 5) is 29.6. The van der Waals surface area contributed by atoms with Gasteiger partial charge in [0.15, 0.2) is 11.5 Å². The van der Waals surface area contributed by atoms with E-state index in [2.05, 4.69) is 5.32 Å². The maximum absolute atomic E-state index is 13.2. The minimum Gasteiger partial charge on any atom is -0.493 e. The van der Waals surface area contributed by atoms with E-state index in [0.29, 0.717) is 41.5 Å². The fraction of sp³-hybridized carbons (Fsp3) is 0.200. The van der Waals surface area contributed by atoms with Gasteiger partial charge in [-0.1, -0.05) is 23.9 Å². The molecule has 4 rings (SSSR count). The van der Waals surface area contributed by atoms with Gasteiger partial charge in [0, 0.05) is 34.7 Å². The van der Waals surface area contributed by atoms with Crippen molar-refractivity contribution in [2.45, 2.75) is 9.79 Å². The van der Waals surface area contributed by atoms with Gasteiger partial charge in [-0.2, -0.15) is 0 Å². The Balaban J connectivity index is 1.65. The molecule has 1 aliphatic heterocycles. The molecule has 7 nitrogen and oxygen atoms in total. The number of benzene rings is 3. The fourth-order valence-electron chi connectivity index (χ4n) is 3.59. The Morgan fingerprint density at radius 3 is 2.48 bits per heavy atom. The fourth-order valence-corrected chi connectivity index (χ4v) is 4.71. The van der Waals surface area contributed by atoms with E-state index in [4.69, 9.17) is 14.2 Å². The summed E-state index contributed by atoms with van der Waals surface area (Å²) in [7, 11) is 4.68. The van der Waals surface area contributed by atoms with Gasteiger partial charge in [0.25, 0.3) is 11.8 Å². The van der Waals surface area contributed by atoms with Crippen LogP contribution in [0.1, 0.15) is 20.7 Å². The number of fused-ring (bicyclic) bond motifs is 2. The molecule has 0 saturated heterocycles. The van der Waals surface area contributed by atoms with E-state index in [-0.39, 0.29) is 11.8 Å². The highest BCUT2D eigenvalue weighted by molar-refractivity contribution is 7.99. The molecule has 8 heteroatoms. The molecule has 0 aromatic heterocycles. The number of hydrogen-bond acceptors (Lipinski definition) is 6. The molecule has 0 spiro atoms. The monoisotopic (exact) mass is 464 g/mol. The largest absolute Gasteiger partial charge is 0.493 e. The van der Waals surface area contributed by atoms with Gasteiger partial charge in [0.1, 0.15) is 0 Å². The summed E-state index contributed by atoms with van der Waals surface area (Å²) >= 11 is 1.50. The number of carbonyl (C=O) groups excluding carboxylic acids is 2. The minimum absolute atomic E-state index is 0.0731. The molecular weight excluding hydrogens is 440 g/mol. The molecule has 0 aliphatic carbocycles. The molecular formula is C25H24N2O5S. The number of nitrogens with zero attached hydrogens (tertiary/aromatic N) is 1. The molecule has 0 unspecified atom stereocenters. The van der Waals surface area contributed by atoms with Crippen LogP contribution in [0.15, 0.2) is 70.5 Å². The lowest BCUT2D eigenvalue weighted by Crippen LogP contribution is -2.33. The summed E-state index contributed by atoms with van der Waals surface area (Å²) < 4.78 is 15.8. The lowest BCUT2D eigenvalue weighted by molar-refractivity contribution is 0.0972. The third-order valence-electron chi connectivity index (χ3n) is 5.26. The van der Waals surface area contributed by atoms with Crippen LogP contribution in [-0.4, -0.2) is 46.3 Å². The summed E-state index contributed by atoms with van der Waals surface area (Å²) in [6.07, 6.45) is 0. The van der Waals surface area contributed by atoms with Crippen LogP contribution in [0.2, 0.25) is 0 Å². The van der Waals surface area contributed by atoms with Gasteiger partial charge < -0.3 is 24.4 Å². The highest BCUT2D eigenvalue weighted by Crippen LogP contribution is 2.42. The topological polar surface area (TPSA) is 77.1 Å². The van der Waals surface area contributed by atoms with E-state index in [1.165, 1.54) is 18.9 Å². The van der Waals surface area contributed by atoms with Gasteiger partial charge in [-0.3, -0.25) is 9.59 Å². The summed E-state index contributed by atoms with van der Waals surface area (Å²) in [5.74, 6) is 0.680. The predicted octanol–water partition coefficient (Wildman–Crippen LogP) is 4.71. The highest BCUT2D eigenvalue weighted by atomic mass is 32.2. The molecule has 0 bridgehead atoms. The molecule has 0 fully saturated rings. The van der Waals surface area contributed by atoms with E-state index < -0.39 is 0 Å². The first-order valence-electron chi connectivity index (χ1n) is 10.3. The molecule has 0 atom stereocenters. The van der Waals surface area contributed by atoms with E-state index >= 15 is 0 Å². The van der Waals surface area contributed by atoms with Gasteiger partial charge in [0.05, 0.1) is 32.1 Å². The number of amides is 2. The van der Waals surface area contributed by atoms with Crippen molar-refractivity contribution in [3.05, 3.63) is 71.8 Å². The second-order valence-corrected chi connectivity index (χ2v) is 8.34. The Hall–Kier alpha value is -3.49. The van der Waals surface area contributed by atoms with Crippen molar-refractivity contribution >= 4 is 35.0 Å². The van der Waals surface area contributed by atoms with Crippen molar-refractivity contribution in [1.29, 1.82) is 0 Å². The molecule has 0 saturated carbocycles.